The van der Waals surface area contributed by atoms with Gasteiger partial charge >= 0.3 is 0 Å². The SMILES string of the molecule is Cc1cc(-c2ccc(C)c(S(=O)(=O)N3CC(=O)N[C@@H](Cc4ccccc4)C3)c2)on1. The Kier molecular flexibility index (Phi) is 5.44. The second-order valence-electron chi connectivity index (χ2n) is 7.56. The van der Waals surface area contributed by atoms with Crippen LogP contribution in [0.3, 0.4) is 0 Å². The Hall–Kier alpha value is -2.97. The van der Waals surface area contributed by atoms with E-state index in [1.54, 1.807) is 38.1 Å². The summed E-state index contributed by atoms with van der Waals surface area (Å²) in [5.74, 6) is 0.202. The number of nitrogens with zero attached hydrogens (tertiary/aromatic N) is 2. The number of hydrogen-bond acceptors (Lipinski definition) is 5. The molecule has 1 fully saturated rings. The number of aromatic nitrogens is 1. The Balaban J connectivity index is 1.63. The number of nitrogens with one attached hydrogen (secondary N) is 1. The van der Waals surface area contributed by atoms with Crippen molar-refractivity contribution < 1.29 is 17.7 Å². The van der Waals surface area contributed by atoms with Gasteiger partial charge in [-0.2, -0.15) is 4.31 Å². The quantitative estimate of drug-likeness (QED) is 0.679. The minimum atomic E-state index is -3.86. The molecular weight excluding hydrogens is 402 g/mol. The van der Waals surface area contributed by atoms with Gasteiger partial charge in [0.05, 0.1) is 17.1 Å². The van der Waals surface area contributed by atoms with Gasteiger partial charge < -0.3 is 9.84 Å². The average Bonchev–Trinajstić information content (AvgIpc) is 3.15. The number of benzene rings is 2. The van der Waals surface area contributed by atoms with Crippen molar-refractivity contribution in [2.45, 2.75) is 31.2 Å². The highest BCUT2D eigenvalue weighted by Crippen LogP contribution is 2.28. The molecule has 0 saturated carbocycles. The van der Waals surface area contributed by atoms with E-state index < -0.39 is 10.0 Å². The molecule has 156 valence electrons. The largest absolute Gasteiger partial charge is 0.356 e. The van der Waals surface area contributed by atoms with Crippen LogP contribution < -0.4 is 5.32 Å². The molecule has 1 amide bonds. The highest BCUT2D eigenvalue weighted by Gasteiger charge is 2.34. The van der Waals surface area contributed by atoms with E-state index in [0.717, 1.165) is 5.56 Å². The standard InChI is InChI=1S/C22H23N3O4S/c1-15-8-9-18(20-10-16(2)24-29-20)12-21(15)30(27,28)25-13-19(23-22(26)14-25)11-17-6-4-3-5-7-17/h3-10,12,19H,11,13-14H2,1-2H3,(H,23,26)/t19-/m0/s1. The van der Waals surface area contributed by atoms with E-state index in [0.29, 0.717) is 29.0 Å². The number of sulfonamides is 1. The van der Waals surface area contributed by atoms with Crippen LogP contribution >= 0.6 is 0 Å². The monoisotopic (exact) mass is 425 g/mol. The first-order valence-electron chi connectivity index (χ1n) is 9.71. The molecule has 3 aromatic rings. The van der Waals surface area contributed by atoms with Crippen molar-refractivity contribution in [3.8, 4) is 11.3 Å². The maximum atomic E-state index is 13.4. The van der Waals surface area contributed by atoms with Gasteiger partial charge in [0.1, 0.15) is 0 Å². The molecule has 1 aliphatic heterocycles. The fourth-order valence-corrected chi connectivity index (χ4v) is 5.35. The normalized spacial score (nSPS) is 17.7. The number of hydrogen-bond donors (Lipinski definition) is 1. The smallest absolute Gasteiger partial charge is 0.243 e. The van der Waals surface area contributed by atoms with E-state index in [-0.39, 0.29) is 29.9 Å². The van der Waals surface area contributed by atoms with Gasteiger partial charge in [-0.1, -0.05) is 47.6 Å². The lowest BCUT2D eigenvalue weighted by Crippen LogP contribution is -2.56. The molecule has 1 aliphatic rings. The first-order chi connectivity index (χ1) is 14.3. The summed E-state index contributed by atoms with van der Waals surface area (Å²) in [6, 6.07) is 16.3. The molecule has 7 nitrogen and oxygen atoms in total. The minimum absolute atomic E-state index is 0.169. The van der Waals surface area contributed by atoms with Crippen LogP contribution in [0.15, 0.2) is 64.0 Å². The van der Waals surface area contributed by atoms with Crippen LogP contribution in [0.5, 0.6) is 0 Å². The van der Waals surface area contributed by atoms with Crippen LogP contribution in [-0.4, -0.2) is 42.9 Å². The fraction of sp³-hybridized carbons (Fsp3) is 0.273. The van der Waals surface area contributed by atoms with Crippen molar-refractivity contribution >= 4 is 15.9 Å². The number of aryl methyl sites for hydroxylation is 2. The maximum absolute atomic E-state index is 13.4. The van der Waals surface area contributed by atoms with E-state index in [2.05, 4.69) is 10.5 Å². The Morgan fingerprint density at radius 1 is 1.13 bits per heavy atom. The van der Waals surface area contributed by atoms with Gasteiger partial charge in [-0.05, 0) is 37.5 Å². The van der Waals surface area contributed by atoms with Crippen LogP contribution in [0.1, 0.15) is 16.8 Å². The maximum Gasteiger partial charge on any atom is 0.243 e. The van der Waals surface area contributed by atoms with E-state index >= 15 is 0 Å². The van der Waals surface area contributed by atoms with Crippen LogP contribution in [-0.2, 0) is 21.2 Å². The number of rotatable bonds is 5. The first-order valence-corrected chi connectivity index (χ1v) is 11.1. The third-order valence-electron chi connectivity index (χ3n) is 5.15. The molecule has 0 spiro atoms. The van der Waals surface area contributed by atoms with Crippen LogP contribution in [0.4, 0.5) is 0 Å². The topological polar surface area (TPSA) is 92.5 Å². The zero-order valence-corrected chi connectivity index (χ0v) is 17.6. The van der Waals surface area contributed by atoms with Gasteiger partial charge in [0, 0.05) is 24.2 Å². The molecule has 1 saturated heterocycles. The second-order valence-corrected chi connectivity index (χ2v) is 9.47. The summed E-state index contributed by atoms with van der Waals surface area (Å²) in [6.07, 6.45) is 0.564. The first kappa shape index (κ1) is 20.3. The summed E-state index contributed by atoms with van der Waals surface area (Å²) in [6.45, 7) is 3.57. The number of carbonyl (C=O) groups excluding carboxylic acids is 1. The van der Waals surface area contributed by atoms with Crippen molar-refractivity contribution in [1.82, 2.24) is 14.8 Å². The Labute approximate surface area is 175 Å². The molecule has 1 N–H and O–H groups in total. The highest BCUT2D eigenvalue weighted by molar-refractivity contribution is 7.89. The summed E-state index contributed by atoms with van der Waals surface area (Å²) in [5.41, 5.74) is 3.00. The van der Waals surface area contributed by atoms with Crippen molar-refractivity contribution in [3.05, 3.63) is 71.4 Å². The highest BCUT2D eigenvalue weighted by atomic mass is 32.2. The second kappa shape index (κ2) is 8.04. The summed E-state index contributed by atoms with van der Waals surface area (Å²) >= 11 is 0. The lowest BCUT2D eigenvalue weighted by atomic mass is 10.0. The number of carbonyl (C=O) groups is 1. The summed E-state index contributed by atoms with van der Waals surface area (Å²) in [5, 5.41) is 6.77. The van der Waals surface area contributed by atoms with Crippen molar-refractivity contribution in [2.75, 3.05) is 13.1 Å². The van der Waals surface area contributed by atoms with Crippen molar-refractivity contribution in [3.63, 3.8) is 0 Å². The summed E-state index contributed by atoms with van der Waals surface area (Å²) in [7, 11) is -3.86. The molecule has 0 bridgehead atoms. The zero-order chi connectivity index (χ0) is 21.3. The van der Waals surface area contributed by atoms with Crippen molar-refractivity contribution in [1.29, 1.82) is 0 Å². The molecule has 0 aliphatic carbocycles. The molecule has 1 atom stereocenters. The van der Waals surface area contributed by atoms with Gasteiger partial charge in [0.15, 0.2) is 5.76 Å². The molecule has 8 heteroatoms. The van der Waals surface area contributed by atoms with E-state index in [4.69, 9.17) is 4.52 Å². The fourth-order valence-electron chi connectivity index (χ4n) is 3.66. The average molecular weight is 426 g/mol. The molecule has 2 aromatic carbocycles. The molecular formula is C22H23N3O4S. The van der Waals surface area contributed by atoms with Gasteiger partial charge in [0.25, 0.3) is 0 Å². The van der Waals surface area contributed by atoms with E-state index in [1.165, 1.54) is 4.31 Å². The van der Waals surface area contributed by atoms with Gasteiger partial charge in [-0.15, -0.1) is 0 Å². The van der Waals surface area contributed by atoms with Crippen molar-refractivity contribution in [2.24, 2.45) is 0 Å². The van der Waals surface area contributed by atoms with Crippen LogP contribution in [0.2, 0.25) is 0 Å². The molecule has 30 heavy (non-hydrogen) atoms. The van der Waals surface area contributed by atoms with E-state index in [9.17, 15) is 13.2 Å². The summed E-state index contributed by atoms with van der Waals surface area (Å²) < 4.78 is 33.4. The predicted molar refractivity (Wildman–Crippen MR) is 112 cm³/mol. The van der Waals surface area contributed by atoms with Gasteiger partial charge in [-0.25, -0.2) is 8.42 Å². The molecule has 0 radical (unpaired) electrons. The Bertz CT molecular complexity index is 1170. The number of amides is 1. The van der Waals surface area contributed by atoms with Gasteiger partial charge in [0.2, 0.25) is 15.9 Å². The molecule has 2 heterocycles. The molecule has 1 aromatic heterocycles. The van der Waals surface area contributed by atoms with Crippen LogP contribution in [0, 0.1) is 13.8 Å². The lowest BCUT2D eigenvalue weighted by molar-refractivity contribution is -0.123. The zero-order valence-electron chi connectivity index (χ0n) is 16.8. The van der Waals surface area contributed by atoms with Gasteiger partial charge in [-0.3, -0.25) is 4.79 Å². The Morgan fingerprint density at radius 3 is 2.60 bits per heavy atom. The third kappa shape index (κ3) is 4.15. The molecule has 4 rings (SSSR count). The predicted octanol–water partition coefficient (Wildman–Crippen LogP) is 2.69. The lowest BCUT2D eigenvalue weighted by Gasteiger charge is -2.32. The minimum Gasteiger partial charge on any atom is -0.356 e. The number of piperazine rings is 1. The van der Waals surface area contributed by atoms with E-state index in [1.807, 2.05) is 30.3 Å². The molecule has 0 unspecified atom stereocenters. The van der Waals surface area contributed by atoms with Crippen LogP contribution in [0.25, 0.3) is 11.3 Å². The Morgan fingerprint density at radius 2 is 1.90 bits per heavy atom. The third-order valence-corrected chi connectivity index (χ3v) is 7.11. The summed E-state index contributed by atoms with van der Waals surface area (Å²) in [4.78, 5) is 12.5.